The number of halogens is 2. The van der Waals surface area contributed by atoms with Gasteiger partial charge in [-0.05, 0) is 74.0 Å². The summed E-state index contributed by atoms with van der Waals surface area (Å²) in [6.45, 7) is 7.64. The Morgan fingerprint density at radius 3 is 2.59 bits per heavy atom. The van der Waals surface area contributed by atoms with E-state index in [-0.39, 0.29) is 6.04 Å². The molecular weight excluding hydrogens is 445 g/mol. The molecule has 5 nitrogen and oxygen atoms in total. The van der Waals surface area contributed by atoms with Crippen molar-refractivity contribution in [2.75, 3.05) is 32.1 Å². The van der Waals surface area contributed by atoms with Gasteiger partial charge >= 0.3 is 0 Å². The molecule has 1 atom stereocenters. The number of methoxy groups -OCH3 is 1. The van der Waals surface area contributed by atoms with E-state index < -0.39 is 0 Å². The summed E-state index contributed by atoms with van der Waals surface area (Å²) >= 11 is 12.2. The van der Waals surface area contributed by atoms with Gasteiger partial charge in [0.2, 0.25) is 0 Å². The highest BCUT2D eigenvalue weighted by Crippen LogP contribution is 2.28. The van der Waals surface area contributed by atoms with Gasteiger partial charge in [0.05, 0.1) is 17.2 Å². The van der Waals surface area contributed by atoms with E-state index in [0.717, 1.165) is 42.9 Å². The number of likely N-dealkylation sites (tertiary alicyclic amines) is 1. The molecule has 1 aromatic heterocycles. The molecule has 0 amide bonds. The first-order chi connectivity index (χ1) is 15.4. The van der Waals surface area contributed by atoms with Crippen molar-refractivity contribution in [3.8, 4) is 5.75 Å². The van der Waals surface area contributed by atoms with Gasteiger partial charge in [-0.15, -0.1) is 0 Å². The molecule has 1 saturated heterocycles. The van der Waals surface area contributed by atoms with Crippen LogP contribution in [0.5, 0.6) is 5.75 Å². The maximum Gasteiger partial charge on any atom is 0.295 e. The number of nitrogens with zero attached hydrogens (tertiary/aromatic N) is 2. The summed E-state index contributed by atoms with van der Waals surface area (Å²) in [5, 5.41) is 4.79. The standard InChI is InChI=1S/C25H31Cl2N3O2/c1-16(2)23(29-25-28-22-7-5-19(31-3)14-24(22)32-25)15-30-10-8-17(9-11-30)12-18-4-6-20(26)21(27)13-18/h4-7,13-14,16-17,23H,8-12,15H2,1-3H3,(H,28,29). The normalized spacial score (nSPS) is 16.6. The highest BCUT2D eigenvalue weighted by molar-refractivity contribution is 6.42. The van der Waals surface area contributed by atoms with Crippen LogP contribution in [0.1, 0.15) is 32.3 Å². The van der Waals surface area contributed by atoms with Crippen molar-refractivity contribution in [3.63, 3.8) is 0 Å². The lowest BCUT2D eigenvalue weighted by Crippen LogP contribution is -2.43. The molecular formula is C25H31Cl2N3O2. The smallest absolute Gasteiger partial charge is 0.295 e. The average molecular weight is 476 g/mol. The van der Waals surface area contributed by atoms with E-state index in [9.17, 15) is 0 Å². The summed E-state index contributed by atoms with van der Waals surface area (Å²) in [6, 6.07) is 12.5. The molecule has 4 rings (SSSR count). The molecule has 0 saturated carbocycles. The monoisotopic (exact) mass is 475 g/mol. The summed E-state index contributed by atoms with van der Waals surface area (Å²) in [7, 11) is 1.65. The van der Waals surface area contributed by atoms with E-state index >= 15 is 0 Å². The Morgan fingerprint density at radius 1 is 1.12 bits per heavy atom. The third-order valence-electron chi connectivity index (χ3n) is 6.38. The second kappa shape index (κ2) is 10.3. The van der Waals surface area contributed by atoms with Crippen LogP contribution in [0.2, 0.25) is 10.0 Å². The quantitative estimate of drug-likeness (QED) is 0.400. The van der Waals surface area contributed by atoms with Crippen LogP contribution in [0.4, 0.5) is 6.01 Å². The van der Waals surface area contributed by atoms with Crippen LogP contribution in [-0.4, -0.2) is 42.7 Å². The maximum absolute atomic E-state index is 6.18. The highest BCUT2D eigenvalue weighted by atomic mass is 35.5. The van der Waals surface area contributed by atoms with Gasteiger partial charge in [0, 0.05) is 18.7 Å². The molecule has 172 valence electrons. The lowest BCUT2D eigenvalue weighted by Gasteiger charge is -2.35. The zero-order chi connectivity index (χ0) is 22.7. The van der Waals surface area contributed by atoms with Crippen LogP contribution in [0.25, 0.3) is 11.1 Å². The molecule has 0 spiro atoms. The predicted molar refractivity (Wildman–Crippen MR) is 132 cm³/mol. The molecule has 0 aliphatic carbocycles. The van der Waals surface area contributed by atoms with Gasteiger partial charge in [-0.1, -0.05) is 43.1 Å². The van der Waals surface area contributed by atoms with Crippen LogP contribution in [0.3, 0.4) is 0 Å². The van der Waals surface area contributed by atoms with E-state index in [2.05, 4.69) is 35.1 Å². The van der Waals surface area contributed by atoms with Crippen molar-refractivity contribution in [1.82, 2.24) is 9.88 Å². The molecule has 1 aliphatic rings. The Hall–Kier alpha value is -1.95. The lowest BCUT2D eigenvalue weighted by atomic mass is 9.89. The molecule has 2 aromatic carbocycles. The minimum atomic E-state index is 0.261. The molecule has 32 heavy (non-hydrogen) atoms. The first-order valence-corrected chi connectivity index (χ1v) is 12.0. The van der Waals surface area contributed by atoms with Gasteiger partial charge < -0.3 is 19.4 Å². The molecule has 1 N–H and O–H groups in total. The Balaban J connectivity index is 1.32. The summed E-state index contributed by atoms with van der Waals surface area (Å²) in [5.74, 6) is 1.90. The molecule has 7 heteroatoms. The SMILES string of the molecule is COc1ccc2nc(NC(CN3CCC(Cc4ccc(Cl)c(Cl)c4)CC3)C(C)C)oc2c1. The molecule has 1 aliphatic heterocycles. The second-order valence-electron chi connectivity index (χ2n) is 9.04. The van der Waals surface area contributed by atoms with Crippen LogP contribution >= 0.6 is 23.2 Å². The van der Waals surface area contributed by atoms with Crippen molar-refractivity contribution >= 4 is 40.3 Å². The van der Waals surface area contributed by atoms with E-state index in [1.165, 1.54) is 18.4 Å². The van der Waals surface area contributed by atoms with Crippen molar-refractivity contribution in [2.24, 2.45) is 11.8 Å². The number of nitrogens with one attached hydrogen (secondary N) is 1. The summed E-state index contributed by atoms with van der Waals surface area (Å²) in [5.41, 5.74) is 2.84. The van der Waals surface area contributed by atoms with Gasteiger partial charge in [0.25, 0.3) is 6.01 Å². The maximum atomic E-state index is 6.18. The number of anilines is 1. The summed E-state index contributed by atoms with van der Waals surface area (Å²) in [6.07, 6.45) is 3.43. The van der Waals surface area contributed by atoms with Crippen LogP contribution in [-0.2, 0) is 6.42 Å². The lowest BCUT2D eigenvalue weighted by molar-refractivity contribution is 0.169. The Morgan fingerprint density at radius 2 is 1.91 bits per heavy atom. The van der Waals surface area contributed by atoms with Gasteiger partial charge in [0.1, 0.15) is 11.3 Å². The van der Waals surface area contributed by atoms with E-state index in [4.69, 9.17) is 32.4 Å². The Kier molecular flexibility index (Phi) is 7.49. The van der Waals surface area contributed by atoms with E-state index in [1.807, 2.05) is 30.3 Å². The minimum absolute atomic E-state index is 0.261. The number of benzene rings is 2. The number of fused-ring (bicyclic) bond motifs is 1. The number of oxazole rings is 1. The molecule has 0 bridgehead atoms. The fraction of sp³-hybridized carbons (Fsp3) is 0.480. The number of hydrogen-bond donors (Lipinski definition) is 1. The van der Waals surface area contributed by atoms with Crippen molar-refractivity contribution in [3.05, 3.63) is 52.0 Å². The first-order valence-electron chi connectivity index (χ1n) is 11.3. The zero-order valence-electron chi connectivity index (χ0n) is 18.9. The van der Waals surface area contributed by atoms with Crippen LogP contribution < -0.4 is 10.1 Å². The van der Waals surface area contributed by atoms with Gasteiger partial charge in [0.15, 0.2) is 5.58 Å². The third kappa shape index (κ3) is 5.69. The fourth-order valence-corrected chi connectivity index (χ4v) is 4.65. The van der Waals surface area contributed by atoms with Crippen molar-refractivity contribution in [1.29, 1.82) is 0 Å². The van der Waals surface area contributed by atoms with E-state index in [0.29, 0.717) is 27.9 Å². The number of aromatic nitrogens is 1. The van der Waals surface area contributed by atoms with E-state index in [1.54, 1.807) is 7.11 Å². The Bertz CT molecular complexity index is 1040. The largest absolute Gasteiger partial charge is 0.497 e. The van der Waals surface area contributed by atoms with Gasteiger partial charge in [-0.25, -0.2) is 0 Å². The molecule has 1 fully saturated rings. The van der Waals surface area contributed by atoms with Crippen LogP contribution in [0, 0.1) is 11.8 Å². The van der Waals surface area contributed by atoms with Gasteiger partial charge in [-0.2, -0.15) is 4.98 Å². The number of piperidine rings is 1. The van der Waals surface area contributed by atoms with Crippen molar-refractivity contribution in [2.45, 2.75) is 39.2 Å². The molecule has 2 heterocycles. The zero-order valence-corrected chi connectivity index (χ0v) is 20.4. The molecule has 0 radical (unpaired) electrons. The Labute approximate surface area is 200 Å². The highest BCUT2D eigenvalue weighted by Gasteiger charge is 2.24. The summed E-state index contributed by atoms with van der Waals surface area (Å²) < 4.78 is 11.2. The third-order valence-corrected chi connectivity index (χ3v) is 7.12. The van der Waals surface area contributed by atoms with Crippen molar-refractivity contribution < 1.29 is 9.15 Å². The topological polar surface area (TPSA) is 50.5 Å². The summed E-state index contributed by atoms with van der Waals surface area (Å²) in [4.78, 5) is 7.15. The van der Waals surface area contributed by atoms with Crippen LogP contribution in [0.15, 0.2) is 40.8 Å². The average Bonchev–Trinajstić information content (AvgIpc) is 3.18. The second-order valence-corrected chi connectivity index (χ2v) is 9.86. The molecule has 1 unspecified atom stereocenters. The predicted octanol–water partition coefficient (Wildman–Crippen LogP) is 6.53. The number of rotatable bonds is 8. The van der Waals surface area contributed by atoms with Gasteiger partial charge in [-0.3, -0.25) is 0 Å². The number of hydrogen-bond acceptors (Lipinski definition) is 5. The first kappa shape index (κ1) is 23.2. The number of ether oxygens (including phenoxy) is 1. The minimum Gasteiger partial charge on any atom is -0.497 e. The fourth-order valence-electron chi connectivity index (χ4n) is 4.33. The molecule has 3 aromatic rings.